The predicted octanol–water partition coefficient (Wildman–Crippen LogP) is 1.68. The van der Waals surface area contributed by atoms with Crippen LogP contribution >= 0.6 is 11.8 Å². The molecule has 2 heterocycles. The number of amides is 3. The molecule has 1 aromatic carbocycles. The minimum Gasteiger partial charge on any atom is -0.326 e. The van der Waals surface area contributed by atoms with E-state index in [1.807, 2.05) is 19.1 Å². The zero-order chi connectivity index (χ0) is 16.4. The molecule has 0 saturated carbocycles. The SMILES string of the molecule is CC(C(=O)Nc1ccc(CN2C(=O)CSC2=O)cc1)C1CNC1. The number of imide groups is 1. The number of carbonyl (C=O) groups excluding carboxylic acids is 3. The van der Waals surface area contributed by atoms with E-state index in [4.69, 9.17) is 0 Å². The molecule has 1 atom stereocenters. The molecule has 7 heteroatoms. The summed E-state index contributed by atoms with van der Waals surface area (Å²) in [5, 5.41) is 5.88. The maximum atomic E-state index is 12.2. The van der Waals surface area contributed by atoms with Gasteiger partial charge in [-0.05, 0) is 36.7 Å². The van der Waals surface area contributed by atoms with Crippen molar-refractivity contribution >= 4 is 34.5 Å². The van der Waals surface area contributed by atoms with E-state index in [9.17, 15) is 14.4 Å². The summed E-state index contributed by atoms with van der Waals surface area (Å²) in [6.07, 6.45) is 0. The molecule has 3 amide bonds. The smallest absolute Gasteiger partial charge is 0.289 e. The van der Waals surface area contributed by atoms with Gasteiger partial charge in [0, 0.05) is 11.6 Å². The second-order valence-electron chi connectivity index (χ2n) is 5.93. The molecule has 6 nitrogen and oxygen atoms in total. The fourth-order valence-electron chi connectivity index (χ4n) is 2.54. The maximum absolute atomic E-state index is 12.2. The van der Waals surface area contributed by atoms with E-state index in [-0.39, 0.29) is 35.3 Å². The highest BCUT2D eigenvalue weighted by Gasteiger charge is 2.30. The average Bonchev–Trinajstić information content (AvgIpc) is 2.79. The average molecular weight is 333 g/mol. The number of nitrogens with one attached hydrogen (secondary N) is 2. The molecule has 0 aliphatic carbocycles. The lowest BCUT2D eigenvalue weighted by Gasteiger charge is -2.31. The Morgan fingerprint density at radius 3 is 2.57 bits per heavy atom. The Balaban J connectivity index is 1.57. The first-order valence-electron chi connectivity index (χ1n) is 7.62. The van der Waals surface area contributed by atoms with Crippen molar-refractivity contribution in [3.8, 4) is 0 Å². The zero-order valence-corrected chi connectivity index (χ0v) is 13.7. The molecular formula is C16H19N3O3S. The van der Waals surface area contributed by atoms with Crippen molar-refractivity contribution in [1.29, 1.82) is 0 Å². The van der Waals surface area contributed by atoms with Gasteiger partial charge in [-0.3, -0.25) is 19.3 Å². The van der Waals surface area contributed by atoms with Gasteiger partial charge in [-0.15, -0.1) is 0 Å². The monoisotopic (exact) mass is 333 g/mol. The largest absolute Gasteiger partial charge is 0.326 e. The normalized spacial score (nSPS) is 19.6. The second kappa shape index (κ2) is 6.72. The molecule has 2 aliphatic heterocycles. The number of rotatable bonds is 5. The van der Waals surface area contributed by atoms with Crippen LogP contribution in [0.15, 0.2) is 24.3 Å². The standard InChI is InChI=1S/C16H19N3O3S/c1-10(12-6-17-7-12)15(21)18-13-4-2-11(3-5-13)8-19-14(20)9-23-16(19)22/h2-5,10,12,17H,6-9H2,1H3,(H,18,21). The number of nitrogens with zero attached hydrogens (tertiary/aromatic N) is 1. The number of hydrogen-bond donors (Lipinski definition) is 2. The summed E-state index contributed by atoms with van der Waals surface area (Å²) in [7, 11) is 0. The molecule has 0 radical (unpaired) electrons. The molecule has 1 unspecified atom stereocenters. The summed E-state index contributed by atoms with van der Waals surface area (Å²) >= 11 is 1.03. The quantitative estimate of drug-likeness (QED) is 0.857. The molecule has 2 saturated heterocycles. The third kappa shape index (κ3) is 3.56. The van der Waals surface area contributed by atoms with E-state index in [0.717, 1.165) is 36.1 Å². The minimum atomic E-state index is -0.199. The van der Waals surface area contributed by atoms with E-state index < -0.39 is 0 Å². The summed E-state index contributed by atoms with van der Waals surface area (Å²) in [5.41, 5.74) is 1.59. The lowest BCUT2D eigenvalue weighted by atomic mass is 9.88. The summed E-state index contributed by atoms with van der Waals surface area (Å²) in [6, 6.07) is 7.26. The summed E-state index contributed by atoms with van der Waals surface area (Å²) in [4.78, 5) is 36.6. The molecule has 1 aromatic rings. The van der Waals surface area contributed by atoms with Crippen molar-refractivity contribution in [3.63, 3.8) is 0 Å². The first kappa shape index (κ1) is 16.0. The van der Waals surface area contributed by atoms with E-state index in [2.05, 4.69) is 10.6 Å². The lowest BCUT2D eigenvalue weighted by molar-refractivity contribution is -0.125. The highest BCUT2D eigenvalue weighted by molar-refractivity contribution is 8.14. The van der Waals surface area contributed by atoms with Gasteiger partial charge in [0.15, 0.2) is 0 Å². The van der Waals surface area contributed by atoms with Crippen LogP contribution in [0.4, 0.5) is 10.5 Å². The highest BCUT2D eigenvalue weighted by atomic mass is 32.2. The number of benzene rings is 1. The van der Waals surface area contributed by atoms with Crippen LogP contribution in [-0.4, -0.2) is 40.8 Å². The third-order valence-electron chi connectivity index (χ3n) is 4.34. The Kier molecular flexibility index (Phi) is 4.68. The van der Waals surface area contributed by atoms with Crippen LogP contribution in [0, 0.1) is 11.8 Å². The topological polar surface area (TPSA) is 78.5 Å². The van der Waals surface area contributed by atoms with Crippen molar-refractivity contribution in [2.75, 3.05) is 24.2 Å². The van der Waals surface area contributed by atoms with Crippen LogP contribution in [0.2, 0.25) is 0 Å². The molecular weight excluding hydrogens is 314 g/mol. The number of carbonyl (C=O) groups is 3. The van der Waals surface area contributed by atoms with Gasteiger partial charge in [0.25, 0.3) is 5.24 Å². The van der Waals surface area contributed by atoms with Gasteiger partial charge in [-0.2, -0.15) is 0 Å². The molecule has 23 heavy (non-hydrogen) atoms. The lowest BCUT2D eigenvalue weighted by Crippen LogP contribution is -2.48. The van der Waals surface area contributed by atoms with Crippen molar-refractivity contribution in [1.82, 2.24) is 10.2 Å². The molecule has 2 N–H and O–H groups in total. The van der Waals surface area contributed by atoms with Crippen LogP contribution in [0.3, 0.4) is 0 Å². The van der Waals surface area contributed by atoms with Crippen molar-refractivity contribution in [2.24, 2.45) is 11.8 Å². The third-order valence-corrected chi connectivity index (χ3v) is 5.20. The first-order chi connectivity index (χ1) is 11.0. The molecule has 2 fully saturated rings. The van der Waals surface area contributed by atoms with Crippen LogP contribution < -0.4 is 10.6 Å². The minimum absolute atomic E-state index is 0.0190. The van der Waals surface area contributed by atoms with Gasteiger partial charge in [0.2, 0.25) is 11.8 Å². The predicted molar refractivity (Wildman–Crippen MR) is 89.0 cm³/mol. The zero-order valence-electron chi connectivity index (χ0n) is 12.9. The number of hydrogen-bond acceptors (Lipinski definition) is 5. The van der Waals surface area contributed by atoms with Crippen molar-refractivity contribution < 1.29 is 14.4 Å². The Hall–Kier alpha value is -1.86. The van der Waals surface area contributed by atoms with E-state index >= 15 is 0 Å². The van der Waals surface area contributed by atoms with Gasteiger partial charge in [0.1, 0.15) is 0 Å². The second-order valence-corrected chi connectivity index (χ2v) is 6.85. The van der Waals surface area contributed by atoms with Crippen LogP contribution in [0.5, 0.6) is 0 Å². The Bertz CT molecular complexity index is 612. The molecule has 2 aliphatic rings. The van der Waals surface area contributed by atoms with Crippen LogP contribution in [0.1, 0.15) is 12.5 Å². The van der Waals surface area contributed by atoms with Gasteiger partial charge >= 0.3 is 0 Å². The Morgan fingerprint density at radius 1 is 1.35 bits per heavy atom. The van der Waals surface area contributed by atoms with Crippen molar-refractivity contribution in [2.45, 2.75) is 13.5 Å². The summed E-state index contributed by atoms with van der Waals surface area (Å²) < 4.78 is 0. The van der Waals surface area contributed by atoms with E-state index in [1.165, 1.54) is 4.90 Å². The number of anilines is 1. The molecule has 0 aromatic heterocycles. The van der Waals surface area contributed by atoms with Crippen molar-refractivity contribution in [3.05, 3.63) is 29.8 Å². The number of thioether (sulfide) groups is 1. The molecule has 0 bridgehead atoms. The van der Waals surface area contributed by atoms with Gasteiger partial charge in [0.05, 0.1) is 12.3 Å². The fourth-order valence-corrected chi connectivity index (χ4v) is 3.27. The summed E-state index contributed by atoms with van der Waals surface area (Å²) in [6.45, 7) is 4.01. The van der Waals surface area contributed by atoms with Crippen LogP contribution in [-0.2, 0) is 16.1 Å². The summed E-state index contributed by atoms with van der Waals surface area (Å²) in [5.74, 6) is 0.471. The first-order valence-corrected chi connectivity index (χ1v) is 8.61. The Morgan fingerprint density at radius 2 is 2.04 bits per heavy atom. The van der Waals surface area contributed by atoms with Gasteiger partial charge < -0.3 is 10.6 Å². The Labute approximate surface area is 139 Å². The highest BCUT2D eigenvalue weighted by Crippen LogP contribution is 2.22. The maximum Gasteiger partial charge on any atom is 0.289 e. The fraction of sp³-hybridized carbons (Fsp3) is 0.438. The van der Waals surface area contributed by atoms with E-state index in [0.29, 0.717) is 5.92 Å². The molecule has 3 rings (SSSR count). The van der Waals surface area contributed by atoms with E-state index in [1.54, 1.807) is 12.1 Å². The van der Waals surface area contributed by atoms with Crippen LogP contribution in [0.25, 0.3) is 0 Å². The van der Waals surface area contributed by atoms with Gasteiger partial charge in [-0.1, -0.05) is 30.8 Å². The van der Waals surface area contributed by atoms with Gasteiger partial charge in [-0.25, -0.2) is 0 Å². The molecule has 0 spiro atoms. The molecule has 122 valence electrons.